The summed E-state index contributed by atoms with van der Waals surface area (Å²) in [6, 6.07) is 10.3. The summed E-state index contributed by atoms with van der Waals surface area (Å²) >= 11 is 6.16. The van der Waals surface area contributed by atoms with Crippen LogP contribution in [0.25, 0.3) is 0 Å². The Balaban J connectivity index is 2.44. The molecule has 0 saturated carbocycles. The second-order valence-electron chi connectivity index (χ2n) is 6.47. The summed E-state index contributed by atoms with van der Waals surface area (Å²) in [5, 5.41) is 11.9. The number of ether oxygens (including phenoxy) is 1. The number of amides is 1. The number of sulfonamides is 1. The normalized spacial score (nSPS) is 11.4. The number of carbonyl (C=O) groups excluding carboxylic acids is 1. The van der Waals surface area contributed by atoms with Gasteiger partial charge in [0, 0.05) is 13.1 Å². The standard InChI is InChI=1S/C20H22ClN3O4S/c1-5-28-19-9-6-14(12-22)10-18(19)23-20(25)16-11-15(7-8-17(16)21)29(26,27)24(4)13(2)3/h6-11,13H,5H2,1-4H3,(H,23,25). The largest absolute Gasteiger partial charge is 0.492 e. The quantitative estimate of drug-likeness (QED) is 0.711. The van der Waals surface area contributed by atoms with Gasteiger partial charge in [-0.05, 0) is 57.2 Å². The molecule has 0 bridgehead atoms. The topological polar surface area (TPSA) is 99.5 Å². The van der Waals surface area contributed by atoms with Gasteiger partial charge in [0.25, 0.3) is 5.91 Å². The summed E-state index contributed by atoms with van der Waals surface area (Å²) in [6.07, 6.45) is 0. The van der Waals surface area contributed by atoms with Crippen molar-refractivity contribution in [3.63, 3.8) is 0 Å². The van der Waals surface area contributed by atoms with Gasteiger partial charge in [0.2, 0.25) is 10.0 Å². The Bertz CT molecular complexity index is 1060. The van der Waals surface area contributed by atoms with Gasteiger partial charge in [-0.3, -0.25) is 4.79 Å². The number of benzene rings is 2. The van der Waals surface area contributed by atoms with Crippen molar-refractivity contribution in [1.82, 2.24) is 4.31 Å². The van der Waals surface area contributed by atoms with Crippen molar-refractivity contribution < 1.29 is 17.9 Å². The summed E-state index contributed by atoms with van der Waals surface area (Å²) in [6.45, 7) is 5.65. The summed E-state index contributed by atoms with van der Waals surface area (Å²) in [7, 11) is -2.32. The van der Waals surface area contributed by atoms with Crippen molar-refractivity contribution in [2.45, 2.75) is 31.7 Å². The van der Waals surface area contributed by atoms with Gasteiger partial charge in [-0.2, -0.15) is 9.57 Å². The molecule has 1 amide bonds. The highest BCUT2D eigenvalue weighted by molar-refractivity contribution is 7.89. The molecular weight excluding hydrogens is 414 g/mol. The molecule has 0 aliphatic rings. The molecule has 0 aromatic heterocycles. The van der Waals surface area contributed by atoms with E-state index in [0.29, 0.717) is 23.6 Å². The van der Waals surface area contributed by atoms with Crippen LogP contribution in [0, 0.1) is 11.3 Å². The second-order valence-corrected chi connectivity index (χ2v) is 8.87. The van der Waals surface area contributed by atoms with Gasteiger partial charge in [0.1, 0.15) is 5.75 Å². The molecule has 2 aromatic carbocycles. The van der Waals surface area contributed by atoms with Crippen LogP contribution in [0.2, 0.25) is 5.02 Å². The lowest BCUT2D eigenvalue weighted by molar-refractivity contribution is 0.102. The zero-order chi connectivity index (χ0) is 21.8. The van der Waals surface area contributed by atoms with Crippen LogP contribution in [-0.4, -0.2) is 38.3 Å². The minimum atomic E-state index is -3.78. The van der Waals surface area contributed by atoms with Crippen LogP contribution in [0.3, 0.4) is 0 Å². The number of carbonyl (C=O) groups is 1. The molecule has 29 heavy (non-hydrogen) atoms. The number of rotatable bonds is 7. The van der Waals surface area contributed by atoms with Crippen LogP contribution in [0.1, 0.15) is 36.7 Å². The van der Waals surface area contributed by atoms with E-state index in [-0.39, 0.29) is 21.5 Å². The summed E-state index contributed by atoms with van der Waals surface area (Å²) in [5.41, 5.74) is 0.624. The molecule has 0 saturated heterocycles. The average Bonchev–Trinajstić information content (AvgIpc) is 2.68. The molecule has 0 aliphatic heterocycles. The molecule has 7 nitrogen and oxygen atoms in total. The lowest BCUT2D eigenvalue weighted by atomic mass is 10.1. The zero-order valence-electron chi connectivity index (χ0n) is 16.6. The number of nitrogens with zero attached hydrogens (tertiary/aromatic N) is 2. The first-order valence-corrected chi connectivity index (χ1v) is 10.7. The lowest BCUT2D eigenvalue weighted by Crippen LogP contribution is -2.33. The smallest absolute Gasteiger partial charge is 0.257 e. The molecule has 9 heteroatoms. The summed E-state index contributed by atoms with van der Waals surface area (Å²) in [4.78, 5) is 12.8. The van der Waals surface area contributed by atoms with Crippen LogP contribution in [0.4, 0.5) is 5.69 Å². The highest BCUT2D eigenvalue weighted by atomic mass is 35.5. The van der Waals surface area contributed by atoms with Crippen molar-refractivity contribution in [2.75, 3.05) is 19.0 Å². The number of halogens is 1. The van der Waals surface area contributed by atoms with Crippen molar-refractivity contribution in [1.29, 1.82) is 5.26 Å². The van der Waals surface area contributed by atoms with Gasteiger partial charge < -0.3 is 10.1 Å². The van der Waals surface area contributed by atoms with E-state index < -0.39 is 15.9 Å². The van der Waals surface area contributed by atoms with Gasteiger partial charge in [-0.1, -0.05) is 11.6 Å². The van der Waals surface area contributed by atoms with E-state index in [1.54, 1.807) is 32.9 Å². The van der Waals surface area contributed by atoms with Crippen LogP contribution >= 0.6 is 11.6 Å². The molecule has 0 aliphatic carbocycles. The Kier molecular flexibility index (Phi) is 7.25. The maximum Gasteiger partial charge on any atom is 0.257 e. The van der Waals surface area contributed by atoms with Gasteiger partial charge in [-0.15, -0.1) is 0 Å². The van der Waals surface area contributed by atoms with E-state index in [1.807, 2.05) is 6.07 Å². The third-order valence-corrected chi connectivity index (χ3v) is 6.60. The summed E-state index contributed by atoms with van der Waals surface area (Å²) < 4.78 is 32.2. The van der Waals surface area contributed by atoms with E-state index in [1.165, 1.54) is 35.6 Å². The predicted molar refractivity (Wildman–Crippen MR) is 112 cm³/mol. The van der Waals surface area contributed by atoms with Crippen LogP contribution in [-0.2, 0) is 10.0 Å². The predicted octanol–water partition coefficient (Wildman–Crippen LogP) is 3.89. The first kappa shape index (κ1) is 22.7. The number of hydrogen-bond donors (Lipinski definition) is 1. The fourth-order valence-electron chi connectivity index (χ4n) is 2.45. The van der Waals surface area contributed by atoms with Crippen LogP contribution < -0.4 is 10.1 Å². The first-order chi connectivity index (χ1) is 13.6. The van der Waals surface area contributed by atoms with E-state index >= 15 is 0 Å². The minimum Gasteiger partial charge on any atom is -0.492 e. The SMILES string of the molecule is CCOc1ccc(C#N)cc1NC(=O)c1cc(S(=O)(=O)N(C)C(C)C)ccc1Cl. The molecule has 154 valence electrons. The molecule has 0 spiro atoms. The van der Waals surface area contributed by atoms with Crippen molar-refractivity contribution in [3.05, 3.63) is 52.5 Å². The molecule has 0 atom stereocenters. The maximum absolute atomic E-state index is 12.8. The van der Waals surface area contributed by atoms with E-state index in [4.69, 9.17) is 21.6 Å². The van der Waals surface area contributed by atoms with Crippen molar-refractivity contribution in [2.24, 2.45) is 0 Å². The van der Waals surface area contributed by atoms with Crippen molar-refractivity contribution in [3.8, 4) is 11.8 Å². The molecule has 0 heterocycles. The second kappa shape index (κ2) is 9.27. The number of hydrogen-bond acceptors (Lipinski definition) is 5. The molecule has 2 rings (SSSR count). The number of nitriles is 1. The zero-order valence-corrected chi connectivity index (χ0v) is 18.1. The maximum atomic E-state index is 12.8. The molecular formula is C20H22ClN3O4S. The number of nitrogens with one attached hydrogen (secondary N) is 1. The van der Waals surface area contributed by atoms with Gasteiger partial charge in [0.15, 0.2) is 0 Å². The summed E-state index contributed by atoms with van der Waals surface area (Å²) in [5.74, 6) is -0.227. The molecule has 0 unspecified atom stereocenters. The van der Waals surface area contributed by atoms with Crippen LogP contribution in [0.5, 0.6) is 5.75 Å². The Hall–Kier alpha value is -2.60. The molecule has 0 fully saturated rings. The first-order valence-electron chi connectivity index (χ1n) is 8.87. The van der Waals surface area contributed by atoms with Crippen LogP contribution in [0.15, 0.2) is 41.3 Å². The minimum absolute atomic E-state index is 0.00490. The highest BCUT2D eigenvalue weighted by Crippen LogP contribution is 2.28. The van der Waals surface area contributed by atoms with E-state index in [0.717, 1.165) is 0 Å². The Morgan fingerprint density at radius 1 is 1.28 bits per heavy atom. The third-order valence-electron chi connectivity index (χ3n) is 4.24. The fourth-order valence-corrected chi connectivity index (χ4v) is 4.05. The Morgan fingerprint density at radius 3 is 2.55 bits per heavy atom. The average molecular weight is 436 g/mol. The third kappa shape index (κ3) is 5.07. The van der Waals surface area contributed by atoms with E-state index in [9.17, 15) is 13.2 Å². The van der Waals surface area contributed by atoms with Crippen molar-refractivity contribution >= 4 is 33.2 Å². The number of anilines is 1. The molecule has 2 aromatic rings. The molecule has 0 radical (unpaired) electrons. The molecule has 1 N–H and O–H groups in total. The highest BCUT2D eigenvalue weighted by Gasteiger charge is 2.25. The Morgan fingerprint density at radius 2 is 1.97 bits per heavy atom. The lowest BCUT2D eigenvalue weighted by Gasteiger charge is -2.21. The van der Waals surface area contributed by atoms with Gasteiger partial charge in [-0.25, -0.2) is 8.42 Å². The van der Waals surface area contributed by atoms with Gasteiger partial charge in [0.05, 0.1) is 39.4 Å². The van der Waals surface area contributed by atoms with E-state index in [2.05, 4.69) is 5.32 Å². The Labute approximate surface area is 175 Å². The monoisotopic (exact) mass is 435 g/mol. The van der Waals surface area contributed by atoms with Gasteiger partial charge >= 0.3 is 0 Å². The fraction of sp³-hybridized carbons (Fsp3) is 0.300.